The summed E-state index contributed by atoms with van der Waals surface area (Å²) in [5.74, 6) is 0.953. The van der Waals surface area contributed by atoms with Gasteiger partial charge in [-0.05, 0) is 55.6 Å². The van der Waals surface area contributed by atoms with Crippen LogP contribution in [0.4, 0.5) is 0 Å². The van der Waals surface area contributed by atoms with Crippen molar-refractivity contribution in [2.45, 2.75) is 18.5 Å². The molecule has 5 heteroatoms. The van der Waals surface area contributed by atoms with E-state index in [2.05, 4.69) is 84.3 Å². The van der Waals surface area contributed by atoms with E-state index in [9.17, 15) is 0 Å². The minimum Gasteiger partial charge on any atom is -0.324 e. The van der Waals surface area contributed by atoms with Gasteiger partial charge in [-0.2, -0.15) is 0 Å². The van der Waals surface area contributed by atoms with E-state index in [4.69, 9.17) is 4.99 Å². The lowest BCUT2D eigenvalue weighted by Gasteiger charge is -2.39. The lowest BCUT2D eigenvalue weighted by molar-refractivity contribution is 0.332. The van der Waals surface area contributed by atoms with Crippen LogP contribution >= 0.6 is 31.9 Å². The number of pyridine rings is 1. The molecule has 3 heterocycles. The molecule has 2 unspecified atom stereocenters. The van der Waals surface area contributed by atoms with Crippen LogP contribution in [0.2, 0.25) is 0 Å². The van der Waals surface area contributed by atoms with Crippen LogP contribution in [0, 0.1) is 0 Å². The zero-order valence-corrected chi connectivity index (χ0v) is 16.0. The van der Waals surface area contributed by atoms with Crippen LogP contribution in [0.15, 0.2) is 81.0 Å². The fourth-order valence-electron chi connectivity index (χ4n) is 3.16. The van der Waals surface area contributed by atoms with Gasteiger partial charge in [0.25, 0.3) is 0 Å². The molecule has 0 fully saturated rings. The fourth-order valence-corrected chi connectivity index (χ4v) is 4.47. The summed E-state index contributed by atoms with van der Waals surface area (Å²) in [6.45, 7) is 0. The molecule has 0 saturated carbocycles. The largest absolute Gasteiger partial charge is 0.324 e. The first-order valence-electron chi connectivity index (χ1n) is 7.79. The molecule has 2 aliphatic heterocycles. The number of hydrogen-bond donors (Lipinski definition) is 0. The number of nitrogens with zero attached hydrogens (tertiary/aromatic N) is 3. The maximum atomic E-state index is 4.96. The van der Waals surface area contributed by atoms with Crippen LogP contribution in [0.5, 0.6) is 0 Å². The molecule has 24 heavy (non-hydrogen) atoms. The molecule has 0 radical (unpaired) electrons. The summed E-state index contributed by atoms with van der Waals surface area (Å²) in [5.41, 5.74) is 2.30. The smallest absolute Gasteiger partial charge is 0.143 e. The van der Waals surface area contributed by atoms with E-state index in [1.165, 1.54) is 5.56 Å². The Morgan fingerprint density at radius 3 is 2.54 bits per heavy atom. The minimum atomic E-state index is 0.0499. The molecule has 1 aromatic heterocycles. The highest BCUT2D eigenvalue weighted by Crippen LogP contribution is 2.42. The number of hydrogen-bond acceptors (Lipinski definition) is 3. The Morgan fingerprint density at radius 2 is 1.79 bits per heavy atom. The topological polar surface area (TPSA) is 28.5 Å². The molecular weight excluding hydrogens is 430 g/mol. The van der Waals surface area contributed by atoms with Crippen LogP contribution in [0.25, 0.3) is 0 Å². The van der Waals surface area contributed by atoms with Crippen molar-refractivity contribution in [3.63, 3.8) is 0 Å². The van der Waals surface area contributed by atoms with Crippen LogP contribution < -0.4 is 0 Å². The van der Waals surface area contributed by atoms with E-state index in [1.807, 2.05) is 24.4 Å². The molecule has 3 nitrogen and oxygen atoms in total. The molecule has 2 aromatic rings. The van der Waals surface area contributed by atoms with Gasteiger partial charge in [0.15, 0.2) is 0 Å². The number of fused-ring (bicyclic) bond motifs is 1. The van der Waals surface area contributed by atoms with Gasteiger partial charge in [0.1, 0.15) is 5.84 Å². The van der Waals surface area contributed by atoms with E-state index < -0.39 is 0 Å². The monoisotopic (exact) mass is 443 g/mol. The zero-order valence-electron chi connectivity index (χ0n) is 12.8. The van der Waals surface area contributed by atoms with E-state index >= 15 is 0 Å². The third-order valence-electron chi connectivity index (χ3n) is 4.26. The molecule has 2 aliphatic rings. The molecule has 1 aromatic carbocycles. The second kappa shape index (κ2) is 6.65. The summed E-state index contributed by atoms with van der Waals surface area (Å²) in [6.07, 6.45) is 6.87. The Hall–Kier alpha value is -1.72. The second-order valence-corrected chi connectivity index (χ2v) is 7.57. The van der Waals surface area contributed by atoms with Crippen LogP contribution in [0.1, 0.15) is 29.8 Å². The number of rotatable bonds is 2. The summed E-state index contributed by atoms with van der Waals surface area (Å²) in [6, 6.07) is 16.9. The number of benzene rings is 1. The van der Waals surface area contributed by atoms with Crippen molar-refractivity contribution < 1.29 is 0 Å². The summed E-state index contributed by atoms with van der Waals surface area (Å²) in [7, 11) is 0. The van der Waals surface area contributed by atoms with Gasteiger partial charge >= 0.3 is 0 Å². The van der Waals surface area contributed by atoms with Gasteiger partial charge in [0.2, 0.25) is 0 Å². The van der Waals surface area contributed by atoms with Gasteiger partial charge in [-0.25, -0.2) is 0 Å². The molecule has 4 rings (SSSR count). The Labute approximate surface area is 158 Å². The highest BCUT2D eigenvalue weighted by atomic mass is 79.9. The Balaban J connectivity index is 1.81. The standard InChI is InChI=1S/C19H15Br2N3/c20-14-10-15(21)19-23-17(16-8-4-5-9-22-16)11-18(24(19)12-14)13-6-2-1-3-7-13/h1-10,12,17-18H,11H2. The highest BCUT2D eigenvalue weighted by Gasteiger charge is 2.34. The van der Waals surface area contributed by atoms with Crippen molar-refractivity contribution in [3.8, 4) is 0 Å². The van der Waals surface area contributed by atoms with Crippen molar-refractivity contribution >= 4 is 37.7 Å². The van der Waals surface area contributed by atoms with Gasteiger partial charge in [-0.15, -0.1) is 0 Å². The van der Waals surface area contributed by atoms with Gasteiger partial charge in [0, 0.05) is 23.3 Å². The zero-order chi connectivity index (χ0) is 16.5. The molecule has 0 aliphatic carbocycles. The van der Waals surface area contributed by atoms with E-state index in [0.717, 1.165) is 26.9 Å². The summed E-state index contributed by atoms with van der Waals surface area (Å²) < 4.78 is 2.02. The quantitative estimate of drug-likeness (QED) is 0.611. The molecule has 0 N–H and O–H groups in total. The first-order chi connectivity index (χ1) is 11.7. The van der Waals surface area contributed by atoms with Crippen LogP contribution in [-0.2, 0) is 0 Å². The van der Waals surface area contributed by atoms with E-state index in [-0.39, 0.29) is 12.1 Å². The molecule has 0 spiro atoms. The number of allylic oxidation sites excluding steroid dienone is 2. The van der Waals surface area contributed by atoms with Crippen molar-refractivity contribution in [1.82, 2.24) is 9.88 Å². The highest BCUT2D eigenvalue weighted by molar-refractivity contribution is 9.12. The third kappa shape index (κ3) is 2.98. The normalized spacial score (nSPS) is 23.1. The predicted molar refractivity (Wildman–Crippen MR) is 104 cm³/mol. The van der Waals surface area contributed by atoms with Crippen molar-refractivity contribution in [2.75, 3.05) is 0 Å². The van der Waals surface area contributed by atoms with E-state index in [0.29, 0.717) is 0 Å². The summed E-state index contributed by atoms with van der Waals surface area (Å²) in [4.78, 5) is 11.7. The van der Waals surface area contributed by atoms with Gasteiger partial charge in [-0.1, -0.05) is 36.4 Å². The molecule has 0 saturated heterocycles. The number of aromatic nitrogens is 1. The SMILES string of the molecule is BrC1=CN2C(=NC(c3ccccn3)CC2c2ccccc2)C(Br)=C1. The van der Waals surface area contributed by atoms with Gasteiger partial charge < -0.3 is 4.90 Å². The summed E-state index contributed by atoms with van der Waals surface area (Å²) in [5, 5.41) is 0. The first-order valence-corrected chi connectivity index (χ1v) is 9.38. The maximum Gasteiger partial charge on any atom is 0.143 e. The van der Waals surface area contributed by atoms with Crippen molar-refractivity contribution in [2.24, 2.45) is 4.99 Å². The van der Waals surface area contributed by atoms with Crippen molar-refractivity contribution in [3.05, 3.63) is 87.2 Å². The van der Waals surface area contributed by atoms with Gasteiger partial charge in [-0.3, -0.25) is 9.98 Å². The Bertz CT molecular complexity index is 828. The predicted octanol–water partition coefficient (Wildman–Crippen LogP) is 5.50. The van der Waals surface area contributed by atoms with E-state index in [1.54, 1.807) is 0 Å². The second-order valence-electron chi connectivity index (χ2n) is 5.80. The molecule has 0 bridgehead atoms. The lowest BCUT2D eigenvalue weighted by atomic mass is 9.93. The molecule has 2 atom stereocenters. The lowest BCUT2D eigenvalue weighted by Crippen LogP contribution is -2.37. The van der Waals surface area contributed by atoms with Crippen LogP contribution in [0.3, 0.4) is 0 Å². The van der Waals surface area contributed by atoms with Crippen LogP contribution in [-0.4, -0.2) is 15.7 Å². The maximum absolute atomic E-state index is 4.96. The first kappa shape index (κ1) is 15.8. The Morgan fingerprint density at radius 1 is 1.00 bits per heavy atom. The molecule has 120 valence electrons. The summed E-state index contributed by atoms with van der Waals surface area (Å²) >= 11 is 7.26. The number of halogens is 2. The minimum absolute atomic E-state index is 0.0499. The van der Waals surface area contributed by atoms with Gasteiger partial charge in [0.05, 0.1) is 22.3 Å². The average Bonchev–Trinajstić information content (AvgIpc) is 2.62. The van der Waals surface area contributed by atoms with Crippen molar-refractivity contribution in [1.29, 1.82) is 0 Å². The molecular formula is C19H15Br2N3. The molecule has 0 amide bonds. The fraction of sp³-hybridized carbons (Fsp3) is 0.158. The average molecular weight is 445 g/mol. The Kier molecular flexibility index (Phi) is 4.37. The number of aliphatic imine (C=N–C) groups is 1. The number of amidine groups is 1. The third-order valence-corrected chi connectivity index (χ3v) is 5.28.